The highest BCUT2D eigenvalue weighted by molar-refractivity contribution is 6.07. The van der Waals surface area contributed by atoms with Gasteiger partial charge in [-0.1, -0.05) is 77.6 Å². The summed E-state index contributed by atoms with van der Waals surface area (Å²) < 4.78 is 10.8. The molecule has 0 aromatic heterocycles. The first-order valence-electron chi connectivity index (χ1n) is 17.8. The number of carbonyl (C=O) groups excluding carboxylic acids is 2. The first kappa shape index (κ1) is 33.7. The van der Waals surface area contributed by atoms with Crippen molar-refractivity contribution in [2.45, 2.75) is 118 Å². The molecule has 4 heteroatoms. The predicted molar refractivity (Wildman–Crippen MR) is 191 cm³/mol. The fourth-order valence-electron chi connectivity index (χ4n) is 7.80. The van der Waals surface area contributed by atoms with E-state index in [1.54, 1.807) is 0 Å². The van der Waals surface area contributed by atoms with Gasteiger partial charge >= 0.3 is 11.9 Å². The molecule has 0 N–H and O–H groups in total. The zero-order valence-electron chi connectivity index (χ0n) is 29.0. The number of fused-ring (bicyclic) bond motifs is 4. The van der Waals surface area contributed by atoms with Gasteiger partial charge in [0.1, 0.15) is 0 Å². The van der Waals surface area contributed by atoms with Gasteiger partial charge in [-0.15, -0.1) is 0 Å². The number of esters is 2. The Morgan fingerprint density at radius 3 is 1.20 bits per heavy atom. The van der Waals surface area contributed by atoms with Crippen molar-refractivity contribution in [2.75, 3.05) is 14.2 Å². The fourth-order valence-corrected chi connectivity index (χ4v) is 7.80. The van der Waals surface area contributed by atoms with Gasteiger partial charge in [0, 0.05) is 0 Å². The molecule has 0 saturated heterocycles. The molecule has 0 radical (unpaired) electrons. The predicted octanol–water partition coefficient (Wildman–Crippen LogP) is 10.4. The Kier molecular flexibility index (Phi) is 11.2. The summed E-state index contributed by atoms with van der Waals surface area (Å²) in [4.78, 5) is 27.3. The van der Waals surface area contributed by atoms with E-state index in [-0.39, 0.29) is 0 Å². The molecule has 0 spiro atoms. The number of hydrogen-bond donors (Lipinski definition) is 0. The number of unbranched alkanes of at least 4 members (excludes halogenated alkanes) is 4. The third kappa shape index (κ3) is 6.33. The second-order valence-electron chi connectivity index (χ2n) is 13.1. The van der Waals surface area contributed by atoms with Crippen molar-refractivity contribution < 1.29 is 19.1 Å². The zero-order valence-corrected chi connectivity index (χ0v) is 29.0. The summed E-state index contributed by atoms with van der Waals surface area (Å²) in [6.07, 6.45) is 13.5. The molecule has 0 aliphatic heterocycles. The number of hydrogen-bond acceptors (Lipinski definition) is 4. The molecule has 4 aromatic carbocycles. The van der Waals surface area contributed by atoms with Crippen molar-refractivity contribution in [1.82, 2.24) is 0 Å². The molecule has 0 fully saturated rings. The lowest BCUT2D eigenvalue weighted by Crippen LogP contribution is -2.25. The van der Waals surface area contributed by atoms with E-state index >= 15 is 0 Å². The maximum atomic E-state index is 13.6. The zero-order chi connectivity index (χ0) is 32.8. The highest BCUT2D eigenvalue weighted by Gasteiger charge is 2.35. The molecule has 1 aliphatic carbocycles. The van der Waals surface area contributed by atoms with Crippen molar-refractivity contribution in [3.63, 3.8) is 0 Å². The molecule has 5 rings (SSSR count). The summed E-state index contributed by atoms with van der Waals surface area (Å²) in [6.45, 7) is 8.90. The third-order valence-electron chi connectivity index (χ3n) is 10.2. The molecule has 0 saturated carbocycles. The first-order valence-corrected chi connectivity index (χ1v) is 17.8. The number of carbonyl (C=O) groups is 2. The Morgan fingerprint density at radius 1 is 0.543 bits per heavy atom. The van der Waals surface area contributed by atoms with Crippen molar-refractivity contribution >= 4 is 33.5 Å². The number of benzene rings is 4. The normalized spacial score (nSPS) is 12.3. The molecule has 244 valence electrons. The van der Waals surface area contributed by atoms with Crippen LogP contribution >= 0.6 is 0 Å². The highest BCUT2D eigenvalue weighted by Crippen LogP contribution is 2.44. The second kappa shape index (κ2) is 15.3. The van der Waals surface area contributed by atoms with Crippen LogP contribution in [0.5, 0.6) is 0 Å². The van der Waals surface area contributed by atoms with Crippen LogP contribution in [0.25, 0.3) is 21.5 Å². The summed E-state index contributed by atoms with van der Waals surface area (Å²) in [5.74, 6) is -0.865. The molecule has 0 amide bonds. The van der Waals surface area contributed by atoms with Gasteiger partial charge in [0.25, 0.3) is 0 Å². The van der Waals surface area contributed by atoms with E-state index in [2.05, 4.69) is 64.1 Å². The molecule has 4 aromatic rings. The summed E-state index contributed by atoms with van der Waals surface area (Å²) in [5.41, 5.74) is 11.2. The maximum absolute atomic E-state index is 13.6. The van der Waals surface area contributed by atoms with Gasteiger partial charge in [-0.05, 0) is 142 Å². The average Bonchev–Trinajstić information content (AvgIpc) is 3.08. The van der Waals surface area contributed by atoms with Crippen molar-refractivity contribution in [1.29, 1.82) is 0 Å². The molecular weight excluding hydrogens is 568 g/mol. The van der Waals surface area contributed by atoms with E-state index in [0.717, 1.165) is 101 Å². The fraction of sp³-hybridized carbons (Fsp3) is 0.476. The van der Waals surface area contributed by atoms with E-state index < -0.39 is 11.9 Å². The van der Waals surface area contributed by atoms with Gasteiger partial charge in [0.2, 0.25) is 0 Å². The van der Waals surface area contributed by atoms with Gasteiger partial charge < -0.3 is 9.47 Å². The Bertz CT molecular complexity index is 1620. The van der Waals surface area contributed by atoms with Crippen LogP contribution < -0.4 is 0 Å². The molecule has 46 heavy (non-hydrogen) atoms. The van der Waals surface area contributed by atoms with Crippen LogP contribution in [0.2, 0.25) is 0 Å². The van der Waals surface area contributed by atoms with E-state index in [0.29, 0.717) is 11.1 Å². The minimum Gasteiger partial charge on any atom is -0.465 e. The number of aryl methyl sites for hydroxylation is 2. The summed E-state index contributed by atoms with van der Waals surface area (Å²) in [5, 5.41) is 5.35. The molecular formula is C42H52O4. The first-order chi connectivity index (χ1) is 22.4. The van der Waals surface area contributed by atoms with Gasteiger partial charge in [-0.2, -0.15) is 0 Å². The van der Waals surface area contributed by atoms with Crippen LogP contribution in [0.3, 0.4) is 0 Å². The average molecular weight is 621 g/mol. The summed E-state index contributed by atoms with van der Waals surface area (Å²) >= 11 is 0. The third-order valence-corrected chi connectivity index (χ3v) is 10.2. The van der Waals surface area contributed by atoms with Crippen LogP contribution in [0.1, 0.15) is 144 Å². The van der Waals surface area contributed by atoms with Crippen molar-refractivity contribution in [3.05, 3.63) is 92.0 Å². The van der Waals surface area contributed by atoms with E-state index in [1.807, 2.05) is 0 Å². The molecule has 0 atom stereocenters. The van der Waals surface area contributed by atoms with Crippen LogP contribution in [-0.4, -0.2) is 26.2 Å². The van der Waals surface area contributed by atoms with Crippen molar-refractivity contribution in [3.8, 4) is 0 Å². The quantitative estimate of drug-likeness (QED) is 0.0915. The Morgan fingerprint density at radius 2 is 0.870 bits per heavy atom. The lowest BCUT2D eigenvalue weighted by molar-refractivity contribution is 0.0552. The van der Waals surface area contributed by atoms with E-state index in [4.69, 9.17) is 9.47 Å². The van der Waals surface area contributed by atoms with Crippen LogP contribution in [0, 0.1) is 0 Å². The van der Waals surface area contributed by atoms with Gasteiger partial charge in [0.05, 0.1) is 25.3 Å². The number of rotatable bonds is 14. The van der Waals surface area contributed by atoms with Gasteiger partial charge in [-0.3, -0.25) is 0 Å². The van der Waals surface area contributed by atoms with Gasteiger partial charge in [-0.25, -0.2) is 9.59 Å². The molecule has 1 aliphatic rings. The Hall–Kier alpha value is -3.66. The Balaban J connectivity index is 1.91. The molecule has 4 nitrogen and oxygen atoms in total. The smallest absolute Gasteiger partial charge is 0.339 e. The summed E-state index contributed by atoms with van der Waals surface area (Å²) in [7, 11) is 2.85. The SMILES string of the molecule is CCCCc1c2c(c(CCCC)c(C(=O)OC)c1C(=O)OC)Cc1c(c(CCCC)c3cc4ccccc4cc3c1CCCC)C2. The van der Waals surface area contributed by atoms with Crippen molar-refractivity contribution in [2.24, 2.45) is 0 Å². The standard InChI is InChI=1S/C42H52O4/c1-7-11-19-29-33-23-27-17-15-16-18-28(27)24-34(33)30(20-12-8-2)36-26-38-32(22-14-10-4)40(42(44)46-6)39(41(43)45-5)31(21-13-9-3)37(38)25-35(29)36/h15-18,23-24H,7-14,19-22,25-26H2,1-6H3. The molecule has 0 heterocycles. The van der Waals surface area contributed by atoms with Crippen LogP contribution in [0.4, 0.5) is 0 Å². The summed E-state index contributed by atoms with van der Waals surface area (Å²) in [6, 6.07) is 13.6. The monoisotopic (exact) mass is 620 g/mol. The Labute approximate surface area is 275 Å². The lowest BCUT2D eigenvalue weighted by atomic mass is 9.71. The molecule has 0 unspecified atom stereocenters. The second-order valence-corrected chi connectivity index (χ2v) is 13.1. The minimum atomic E-state index is -0.433. The van der Waals surface area contributed by atoms with Gasteiger partial charge in [0.15, 0.2) is 0 Å². The largest absolute Gasteiger partial charge is 0.465 e. The number of ether oxygens (including phenoxy) is 2. The topological polar surface area (TPSA) is 52.6 Å². The van der Waals surface area contributed by atoms with Crippen LogP contribution in [-0.2, 0) is 48.0 Å². The minimum absolute atomic E-state index is 0.433. The highest BCUT2D eigenvalue weighted by atomic mass is 16.5. The molecule has 0 bridgehead atoms. The van der Waals surface area contributed by atoms with E-state index in [9.17, 15) is 9.59 Å². The number of methoxy groups -OCH3 is 2. The lowest BCUT2D eigenvalue weighted by Gasteiger charge is -2.33. The van der Waals surface area contributed by atoms with Crippen LogP contribution in [0.15, 0.2) is 36.4 Å². The van der Waals surface area contributed by atoms with E-state index in [1.165, 1.54) is 69.1 Å². The maximum Gasteiger partial charge on any atom is 0.339 e.